The molecule has 0 spiro atoms. The molecule has 1 unspecified atom stereocenters. The van der Waals surface area contributed by atoms with Crippen LogP contribution in [0.3, 0.4) is 0 Å². The molecule has 1 heterocycles. The van der Waals surface area contributed by atoms with E-state index in [0.717, 1.165) is 19.1 Å². The van der Waals surface area contributed by atoms with Crippen molar-refractivity contribution in [2.75, 3.05) is 27.2 Å². The van der Waals surface area contributed by atoms with Crippen molar-refractivity contribution < 1.29 is 14.4 Å². The van der Waals surface area contributed by atoms with Crippen LogP contribution in [0.1, 0.15) is 32.6 Å². The lowest BCUT2D eigenvalue weighted by molar-refractivity contribution is -0.131. The Labute approximate surface area is 114 Å². The van der Waals surface area contributed by atoms with Crippen LogP contribution in [-0.2, 0) is 14.4 Å². The van der Waals surface area contributed by atoms with Crippen LogP contribution in [0.15, 0.2) is 0 Å². The normalized spacial score (nSPS) is 21.7. The molecular weight excluding hydrogens is 246 g/mol. The Kier molecular flexibility index (Phi) is 8.78. The number of carbonyl (C=O) groups is 3. The largest absolute Gasteiger partial charge is 0.359 e. The lowest BCUT2D eigenvalue weighted by Gasteiger charge is -2.31. The Balaban J connectivity index is 0.000000399. The monoisotopic (exact) mass is 271 g/mol. The first-order chi connectivity index (χ1) is 9.03. The fraction of sp³-hybridized carbons (Fsp3) is 0.769. The van der Waals surface area contributed by atoms with Crippen LogP contribution in [0.25, 0.3) is 0 Å². The topological polar surface area (TPSA) is 87.3 Å². The number of hydrogen-bond acceptors (Lipinski definition) is 4. The molecule has 0 saturated carbocycles. The van der Waals surface area contributed by atoms with Crippen LogP contribution in [0, 0.1) is 5.41 Å². The standard InChI is InChI=1S/C8H14N2O2.C5H11NO/c1-9-5-8(6-11)2-3-10-7(12)4-8;1-3-4-5(7)6-2/h6,9H,2-5H2,1H3,(H,10,12);3-4H2,1-2H3,(H,6,7). The summed E-state index contributed by atoms with van der Waals surface area (Å²) in [6, 6.07) is 0. The van der Waals surface area contributed by atoms with Gasteiger partial charge in [-0.1, -0.05) is 6.92 Å². The highest BCUT2D eigenvalue weighted by molar-refractivity contribution is 5.82. The number of rotatable bonds is 5. The third-order valence-electron chi connectivity index (χ3n) is 2.99. The van der Waals surface area contributed by atoms with Gasteiger partial charge in [0.25, 0.3) is 0 Å². The van der Waals surface area contributed by atoms with E-state index in [0.29, 0.717) is 25.9 Å². The Morgan fingerprint density at radius 3 is 2.53 bits per heavy atom. The minimum Gasteiger partial charge on any atom is -0.359 e. The summed E-state index contributed by atoms with van der Waals surface area (Å²) in [6.07, 6.45) is 3.54. The molecule has 1 aliphatic rings. The molecule has 19 heavy (non-hydrogen) atoms. The second-order valence-electron chi connectivity index (χ2n) is 4.71. The van der Waals surface area contributed by atoms with Gasteiger partial charge in [0.05, 0.1) is 0 Å². The minimum absolute atomic E-state index is 0.0244. The number of aldehydes is 1. The maximum Gasteiger partial charge on any atom is 0.221 e. The quantitative estimate of drug-likeness (QED) is 0.606. The van der Waals surface area contributed by atoms with Crippen LogP contribution in [0.4, 0.5) is 0 Å². The first-order valence-corrected chi connectivity index (χ1v) is 6.61. The van der Waals surface area contributed by atoms with Gasteiger partial charge in [-0.3, -0.25) is 9.59 Å². The summed E-state index contributed by atoms with van der Waals surface area (Å²) in [5.74, 6) is 0.103. The second-order valence-corrected chi connectivity index (χ2v) is 4.71. The van der Waals surface area contributed by atoms with E-state index in [-0.39, 0.29) is 11.8 Å². The van der Waals surface area contributed by atoms with Crippen LogP contribution in [0.2, 0.25) is 0 Å². The first kappa shape index (κ1) is 17.6. The van der Waals surface area contributed by atoms with Gasteiger partial charge < -0.3 is 20.7 Å². The van der Waals surface area contributed by atoms with E-state index < -0.39 is 5.41 Å². The molecule has 0 aliphatic carbocycles. The van der Waals surface area contributed by atoms with Crippen molar-refractivity contribution in [3.05, 3.63) is 0 Å². The maximum atomic E-state index is 11.0. The lowest BCUT2D eigenvalue weighted by Crippen LogP contribution is -2.46. The van der Waals surface area contributed by atoms with Gasteiger partial charge in [-0.25, -0.2) is 0 Å². The molecule has 110 valence electrons. The molecule has 0 aromatic carbocycles. The fourth-order valence-electron chi connectivity index (χ4n) is 1.92. The van der Waals surface area contributed by atoms with Gasteiger partial charge in [-0.15, -0.1) is 0 Å². The van der Waals surface area contributed by atoms with E-state index in [1.807, 2.05) is 6.92 Å². The molecule has 6 nitrogen and oxygen atoms in total. The van der Waals surface area contributed by atoms with Crippen LogP contribution >= 0.6 is 0 Å². The zero-order chi connectivity index (χ0) is 14.7. The highest BCUT2D eigenvalue weighted by Crippen LogP contribution is 2.25. The first-order valence-electron chi connectivity index (χ1n) is 6.61. The summed E-state index contributed by atoms with van der Waals surface area (Å²) in [4.78, 5) is 32.1. The van der Waals surface area contributed by atoms with Crippen molar-refractivity contribution in [3.8, 4) is 0 Å². The Hall–Kier alpha value is -1.43. The maximum absolute atomic E-state index is 11.0. The van der Waals surface area contributed by atoms with Gasteiger partial charge >= 0.3 is 0 Å². The van der Waals surface area contributed by atoms with E-state index in [1.165, 1.54) is 0 Å². The molecule has 1 fully saturated rings. The van der Waals surface area contributed by atoms with Gasteiger partial charge in [-0.2, -0.15) is 0 Å². The average Bonchev–Trinajstić information content (AvgIpc) is 2.40. The second kappa shape index (κ2) is 9.49. The SMILES string of the molecule is CCCC(=O)NC.CNCC1(C=O)CCNC(=O)C1. The lowest BCUT2D eigenvalue weighted by atomic mass is 9.80. The van der Waals surface area contributed by atoms with E-state index in [2.05, 4.69) is 16.0 Å². The molecule has 1 atom stereocenters. The highest BCUT2D eigenvalue weighted by atomic mass is 16.2. The summed E-state index contributed by atoms with van der Waals surface area (Å²) in [7, 11) is 3.44. The Morgan fingerprint density at radius 2 is 2.16 bits per heavy atom. The van der Waals surface area contributed by atoms with Gasteiger partial charge in [0.15, 0.2) is 0 Å². The summed E-state index contributed by atoms with van der Waals surface area (Å²) in [5.41, 5.74) is -0.461. The summed E-state index contributed by atoms with van der Waals surface area (Å²) in [5, 5.41) is 8.17. The molecule has 0 aromatic heterocycles. The smallest absolute Gasteiger partial charge is 0.221 e. The van der Waals surface area contributed by atoms with Crippen molar-refractivity contribution in [3.63, 3.8) is 0 Å². The Bertz CT molecular complexity index is 304. The number of piperidine rings is 1. The molecular formula is C13H25N3O3. The molecule has 1 rings (SSSR count). The van der Waals surface area contributed by atoms with Gasteiger partial charge in [0.2, 0.25) is 11.8 Å². The van der Waals surface area contributed by atoms with Crippen molar-refractivity contribution in [1.29, 1.82) is 0 Å². The third kappa shape index (κ3) is 6.91. The van der Waals surface area contributed by atoms with Crippen molar-refractivity contribution in [2.45, 2.75) is 32.6 Å². The van der Waals surface area contributed by atoms with E-state index in [9.17, 15) is 14.4 Å². The van der Waals surface area contributed by atoms with Crippen molar-refractivity contribution in [2.24, 2.45) is 5.41 Å². The summed E-state index contributed by atoms with van der Waals surface area (Å²) < 4.78 is 0. The van der Waals surface area contributed by atoms with Gasteiger partial charge in [0.1, 0.15) is 6.29 Å². The van der Waals surface area contributed by atoms with E-state index in [1.54, 1.807) is 14.1 Å². The summed E-state index contributed by atoms with van der Waals surface area (Å²) >= 11 is 0. The predicted octanol–water partition coefficient (Wildman–Crippen LogP) is -0.166. The molecule has 0 radical (unpaired) electrons. The number of amides is 2. The number of hydrogen-bond donors (Lipinski definition) is 3. The van der Waals surface area contributed by atoms with E-state index >= 15 is 0 Å². The number of nitrogens with one attached hydrogen (secondary N) is 3. The Morgan fingerprint density at radius 1 is 1.47 bits per heavy atom. The zero-order valence-electron chi connectivity index (χ0n) is 12.0. The van der Waals surface area contributed by atoms with Crippen molar-refractivity contribution >= 4 is 18.1 Å². The van der Waals surface area contributed by atoms with E-state index in [4.69, 9.17) is 0 Å². The predicted molar refractivity (Wildman–Crippen MR) is 73.6 cm³/mol. The molecule has 0 aromatic rings. The highest BCUT2D eigenvalue weighted by Gasteiger charge is 2.34. The molecule has 2 amide bonds. The van der Waals surface area contributed by atoms with Gasteiger partial charge in [-0.05, 0) is 19.9 Å². The molecule has 6 heteroatoms. The minimum atomic E-state index is -0.461. The zero-order valence-corrected chi connectivity index (χ0v) is 12.0. The average molecular weight is 271 g/mol. The van der Waals surface area contributed by atoms with Crippen LogP contribution in [-0.4, -0.2) is 45.3 Å². The fourth-order valence-corrected chi connectivity index (χ4v) is 1.92. The van der Waals surface area contributed by atoms with Crippen LogP contribution < -0.4 is 16.0 Å². The van der Waals surface area contributed by atoms with Crippen molar-refractivity contribution in [1.82, 2.24) is 16.0 Å². The van der Waals surface area contributed by atoms with Crippen LogP contribution in [0.5, 0.6) is 0 Å². The third-order valence-corrected chi connectivity index (χ3v) is 2.99. The molecule has 1 saturated heterocycles. The molecule has 0 bridgehead atoms. The molecule has 1 aliphatic heterocycles. The number of carbonyl (C=O) groups excluding carboxylic acids is 3. The van der Waals surface area contributed by atoms with Gasteiger partial charge in [0, 0.05) is 38.4 Å². The molecule has 3 N–H and O–H groups in total. The summed E-state index contributed by atoms with van der Waals surface area (Å²) in [6.45, 7) is 3.18.